The van der Waals surface area contributed by atoms with Gasteiger partial charge in [0, 0.05) is 23.9 Å². The zero-order chi connectivity index (χ0) is 20.2. The van der Waals surface area contributed by atoms with Crippen molar-refractivity contribution in [3.8, 4) is 6.07 Å². The minimum atomic E-state index is -0.439. The number of hydrogen-bond donors (Lipinski definition) is 2. The van der Waals surface area contributed by atoms with Gasteiger partial charge in [0.15, 0.2) is 5.82 Å². The minimum Gasteiger partial charge on any atom is -0.382 e. The second kappa shape index (κ2) is 7.98. The zero-order valence-corrected chi connectivity index (χ0v) is 15.9. The number of carbonyl (C=O) groups is 1. The Balaban J connectivity index is 1.39. The van der Waals surface area contributed by atoms with E-state index < -0.39 is 5.91 Å². The number of fused-ring (bicyclic) bond motifs is 3. The fourth-order valence-electron chi connectivity index (χ4n) is 3.30. The van der Waals surface area contributed by atoms with Crippen molar-refractivity contribution in [2.24, 2.45) is 5.73 Å². The van der Waals surface area contributed by atoms with Crippen molar-refractivity contribution in [2.45, 2.75) is 19.4 Å². The smallest absolute Gasteiger partial charge is 0.311 e. The maximum atomic E-state index is 11.1. The highest BCUT2D eigenvalue weighted by Gasteiger charge is 2.12. The molecule has 2 heterocycles. The standard InChI is InChI=1S/C22H20N6O/c23-21-19-20(17-5-1-2-6-18(17)27-21)28(14-26-19)12-4-3-11-25-13-15-7-9-16(10-8-15)22(24)29/h1-2,5-10,14H,3-4,11-12H2,(H3-,23,24,27,29)/p+1. The number of hydrogen-bond acceptors (Lipinski definition) is 4. The Morgan fingerprint density at radius 2 is 1.90 bits per heavy atom. The molecular weight excluding hydrogens is 364 g/mol. The Labute approximate surface area is 167 Å². The van der Waals surface area contributed by atoms with Crippen LogP contribution in [0, 0.1) is 6.07 Å². The van der Waals surface area contributed by atoms with Gasteiger partial charge in [0.1, 0.15) is 11.1 Å². The van der Waals surface area contributed by atoms with Crippen LogP contribution in [0.5, 0.6) is 0 Å². The second-order valence-electron chi connectivity index (χ2n) is 6.79. The molecule has 0 radical (unpaired) electrons. The first-order valence-corrected chi connectivity index (χ1v) is 9.45. The summed E-state index contributed by atoms with van der Waals surface area (Å²) in [4.78, 5) is 24.3. The van der Waals surface area contributed by atoms with E-state index >= 15 is 0 Å². The van der Waals surface area contributed by atoms with Crippen LogP contribution in [0.1, 0.15) is 28.8 Å². The molecule has 0 saturated heterocycles. The van der Waals surface area contributed by atoms with E-state index in [9.17, 15) is 4.79 Å². The lowest BCUT2D eigenvalue weighted by molar-refractivity contribution is 0.100. The molecule has 4 aromatic rings. The van der Waals surface area contributed by atoms with Gasteiger partial charge >= 0.3 is 6.07 Å². The van der Waals surface area contributed by atoms with E-state index in [1.807, 2.05) is 30.6 Å². The first-order chi connectivity index (χ1) is 14.1. The first-order valence-electron chi connectivity index (χ1n) is 9.45. The highest BCUT2D eigenvalue weighted by molar-refractivity contribution is 6.06. The van der Waals surface area contributed by atoms with Crippen molar-refractivity contribution in [1.29, 1.82) is 0 Å². The van der Waals surface area contributed by atoms with Crippen LogP contribution in [0.15, 0.2) is 54.9 Å². The van der Waals surface area contributed by atoms with E-state index in [-0.39, 0.29) is 0 Å². The van der Waals surface area contributed by atoms with Gasteiger partial charge in [-0.05, 0) is 36.8 Å². The van der Waals surface area contributed by atoms with Gasteiger partial charge in [-0.15, -0.1) is 0 Å². The van der Waals surface area contributed by atoms with Crippen molar-refractivity contribution in [3.63, 3.8) is 0 Å². The second-order valence-corrected chi connectivity index (χ2v) is 6.79. The summed E-state index contributed by atoms with van der Waals surface area (Å²) >= 11 is 0. The lowest BCUT2D eigenvalue weighted by Crippen LogP contribution is -2.10. The molecule has 7 nitrogen and oxygen atoms in total. The number of primary amides is 1. The third-order valence-electron chi connectivity index (χ3n) is 4.78. The SMILES string of the molecule is NC(=O)c1ccc(C#[N+]CCCCn2cnc3c(N)nc4ccccc4c32)cc1. The molecule has 0 atom stereocenters. The molecule has 0 unspecified atom stereocenters. The molecule has 0 aliphatic rings. The predicted molar refractivity (Wildman–Crippen MR) is 115 cm³/mol. The molecule has 0 fully saturated rings. The average molecular weight is 385 g/mol. The van der Waals surface area contributed by atoms with Crippen LogP contribution in [0.2, 0.25) is 0 Å². The predicted octanol–water partition coefficient (Wildman–Crippen LogP) is 3.43. The van der Waals surface area contributed by atoms with Crippen molar-refractivity contribution < 1.29 is 4.79 Å². The number of nitrogens with zero attached hydrogens (tertiary/aromatic N) is 4. The Bertz CT molecular complexity index is 1250. The number of anilines is 1. The van der Waals surface area contributed by atoms with E-state index in [0.717, 1.165) is 46.9 Å². The number of nitrogens with two attached hydrogens (primary N) is 2. The van der Waals surface area contributed by atoms with E-state index in [0.29, 0.717) is 17.9 Å². The summed E-state index contributed by atoms with van der Waals surface area (Å²) in [5, 5.41) is 1.06. The van der Waals surface area contributed by atoms with E-state index in [1.165, 1.54) is 0 Å². The number of aryl methyl sites for hydroxylation is 1. The van der Waals surface area contributed by atoms with Gasteiger partial charge in [0.25, 0.3) is 6.54 Å². The molecule has 0 saturated carbocycles. The highest BCUT2D eigenvalue weighted by Crippen LogP contribution is 2.27. The van der Waals surface area contributed by atoms with Gasteiger partial charge in [0.2, 0.25) is 5.91 Å². The third kappa shape index (κ3) is 3.87. The van der Waals surface area contributed by atoms with Crippen molar-refractivity contribution in [2.75, 3.05) is 12.3 Å². The summed E-state index contributed by atoms with van der Waals surface area (Å²) in [6.07, 6.45) is 3.70. The van der Waals surface area contributed by atoms with Crippen LogP contribution in [-0.4, -0.2) is 27.0 Å². The lowest BCUT2D eigenvalue weighted by Gasteiger charge is -2.06. The Morgan fingerprint density at radius 1 is 1.10 bits per heavy atom. The van der Waals surface area contributed by atoms with Crippen LogP contribution in [-0.2, 0) is 6.54 Å². The first kappa shape index (κ1) is 18.4. The highest BCUT2D eigenvalue weighted by atomic mass is 16.1. The monoisotopic (exact) mass is 385 g/mol. The summed E-state index contributed by atoms with van der Waals surface area (Å²) < 4.78 is 2.13. The van der Waals surface area contributed by atoms with Gasteiger partial charge in [-0.3, -0.25) is 4.79 Å². The number of unbranched alkanes of at least 4 members (excludes halogenated alkanes) is 1. The number of benzene rings is 2. The third-order valence-corrected chi connectivity index (χ3v) is 4.78. The summed E-state index contributed by atoms with van der Waals surface area (Å²) in [6.45, 7) is 1.50. The molecule has 4 N–H and O–H groups in total. The van der Waals surface area contributed by atoms with Crippen LogP contribution in [0.4, 0.5) is 5.82 Å². The fraction of sp³-hybridized carbons (Fsp3) is 0.182. The number of para-hydroxylation sites is 1. The van der Waals surface area contributed by atoms with Crippen LogP contribution in [0.25, 0.3) is 26.8 Å². The average Bonchev–Trinajstić information content (AvgIpc) is 3.16. The van der Waals surface area contributed by atoms with Gasteiger partial charge in [-0.2, -0.15) is 0 Å². The van der Waals surface area contributed by atoms with Gasteiger partial charge < -0.3 is 16.0 Å². The van der Waals surface area contributed by atoms with E-state index in [1.54, 1.807) is 24.3 Å². The number of carbonyl (C=O) groups excluding carboxylic acids is 1. The van der Waals surface area contributed by atoms with Crippen LogP contribution in [0.3, 0.4) is 0 Å². The lowest BCUT2D eigenvalue weighted by atomic mass is 10.1. The van der Waals surface area contributed by atoms with E-state index in [2.05, 4.69) is 25.4 Å². The molecule has 0 spiro atoms. The number of amides is 1. The van der Waals surface area contributed by atoms with Crippen molar-refractivity contribution >= 4 is 33.7 Å². The van der Waals surface area contributed by atoms with Gasteiger partial charge in [0.05, 0.1) is 17.4 Å². The van der Waals surface area contributed by atoms with E-state index in [4.69, 9.17) is 11.5 Å². The summed E-state index contributed by atoms with van der Waals surface area (Å²) in [5.74, 6) is 0.0184. The molecule has 0 bridgehead atoms. The summed E-state index contributed by atoms with van der Waals surface area (Å²) in [7, 11) is 0. The molecule has 0 aliphatic heterocycles. The molecule has 4 rings (SSSR count). The van der Waals surface area contributed by atoms with Gasteiger partial charge in [-0.1, -0.05) is 23.0 Å². The molecule has 7 heteroatoms. The normalized spacial score (nSPS) is 10.8. The number of rotatable bonds is 5. The largest absolute Gasteiger partial charge is 0.382 e. The molecule has 29 heavy (non-hydrogen) atoms. The zero-order valence-electron chi connectivity index (χ0n) is 15.9. The topological polar surface area (TPSA) is 104 Å². The molecule has 2 aromatic carbocycles. The van der Waals surface area contributed by atoms with Crippen molar-refractivity contribution in [1.82, 2.24) is 14.5 Å². The Hall–Kier alpha value is -3.92. The maximum absolute atomic E-state index is 11.1. The van der Waals surface area contributed by atoms with Crippen LogP contribution < -0.4 is 11.5 Å². The Kier molecular flexibility index (Phi) is 5.08. The molecule has 144 valence electrons. The van der Waals surface area contributed by atoms with Crippen LogP contribution >= 0.6 is 0 Å². The van der Waals surface area contributed by atoms with Gasteiger partial charge in [-0.25, -0.2) is 9.97 Å². The fourth-order valence-corrected chi connectivity index (χ4v) is 3.30. The number of aromatic nitrogens is 3. The molecule has 0 aliphatic carbocycles. The quantitative estimate of drug-likeness (QED) is 0.514. The molecule has 1 amide bonds. The van der Waals surface area contributed by atoms with Crippen molar-refractivity contribution in [3.05, 3.63) is 70.8 Å². The number of pyridine rings is 1. The summed E-state index contributed by atoms with van der Waals surface area (Å²) in [6, 6.07) is 17.9. The molecule has 2 aromatic heterocycles. The summed E-state index contributed by atoms with van der Waals surface area (Å²) in [5.41, 5.74) is 15.3. The minimum absolute atomic E-state index is 0.439. The Morgan fingerprint density at radius 3 is 2.69 bits per heavy atom. The number of nitrogen functional groups attached to an aromatic ring is 1. The number of imidazole rings is 1. The maximum Gasteiger partial charge on any atom is 0.311 e. The molecular formula is C22H21N6O+.